The Bertz CT molecular complexity index is 1370. The highest BCUT2D eigenvalue weighted by Gasteiger charge is 2.27. The maximum absolute atomic E-state index is 12.6. The molecule has 1 aliphatic rings. The monoisotopic (exact) mass is 373 g/mol. The van der Waals surface area contributed by atoms with Crippen molar-refractivity contribution in [3.05, 3.63) is 75.2 Å². The number of carbonyl (C=O) groups excluding carboxylic acids is 1. The third kappa shape index (κ3) is 2.75. The summed E-state index contributed by atoms with van der Waals surface area (Å²) in [6.45, 7) is 0. The number of anilines is 1. The summed E-state index contributed by atoms with van der Waals surface area (Å²) in [4.78, 5) is 47.8. The summed E-state index contributed by atoms with van der Waals surface area (Å²) in [6, 6.07) is 10.9. The summed E-state index contributed by atoms with van der Waals surface area (Å²) in [7, 11) is 0. The van der Waals surface area contributed by atoms with Gasteiger partial charge in [-0.2, -0.15) is 0 Å². The lowest BCUT2D eigenvalue weighted by Crippen LogP contribution is -2.30. The van der Waals surface area contributed by atoms with Crippen LogP contribution in [0.1, 0.15) is 29.2 Å². The van der Waals surface area contributed by atoms with Crippen LogP contribution in [-0.4, -0.2) is 25.4 Å². The fourth-order valence-corrected chi connectivity index (χ4v) is 3.28. The number of H-pyrrole nitrogens is 1. The van der Waals surface area contributed by atoms with Crippen LogP contribution >= 0.6 is 0 Å². The van der Waals surface area contributed by atoms with Gasteiger partial charge in [0.25, 0.3) is 11.5 Å². The molecule has 3 heterocycles. The molecule has 8 heteroatoms. The Labute approximate surface area is 157 Å². The number of nitrogens with one attached hydrogen (secondary N) is 2. The van der Waals surface area contributed by atoms with E-state index in [1.807, 2.05) is 30.3 Å². The van der Waals surface area contributed by atoms with Crippen LogP contribution in [0.5, 0.6) is 0 Å². The van der Waals surface area contributed by atoms with E-state index in [1.165, 1.54) is 16.8 Å². The number of fused-ring (bicyclic) bond motifs is 2. The van der Waals surface area contributed by atoms with Gasteiger partial charge in [0.1, 0.15) is 5.65 Å². The molecule has 1 fully saturated rings. The van der Waals surface area contributed by atoms with Gasteiger partial charge in [-0.05, 0) is 31.0 Å². The number of aromatic amines is 1. The van der Waals surface area contributed by atoms with E-state index in [1.54, 1.807) is 6.20 Å². The maximum atomic E-state index is 12.6. The highest BCUT2D eigenvalue weighted by Crippen LogP contribution is 2.34. The Morgan fingerprint density at radius 2 is 1.93 bits per heavy atom. The van der Waals surface area contributed by atoms with Crippen LogP contribution in [0.4, 0.5) is 5.69 Å². The third-order valence-corrected chi connectivity index (χ3v) is 4.80. The first-order chi connectivity index (χ1) is 13.6. The van der Waals surface area contributed by atoms with Crippen molar-refractivity contribution in [2.45, 2.75) is 18.9 Å². The van der Waals surface area contributed by atoms with Crippen molar-refractivity contribution < 1.29 is 4.79 Å². The molecule has 8 nitrogen and oxygen atoms in total. The summed E-state index contributed by atoms with van der Waals surface area (Å²) < 4.78 is 1.49. The standard InChI is InChI=1S/C20H15N5O3/c26-18(23-13-7-11-3-1-2-4-16(11)21-10-13)12-8-15-17(22-9-12)25(14-5-6-14)20(28)24-19(15)27/h1-4,7-10,14H,5-6H2,(H,23,26)(H,24,27,28). The van der Waals surface area contributed by atoms with Gasteiger partial charge in [0.05, 0.1) is 28.4 Å². The normalized spacial score (nSPS) is 13.7. The number of nitrogens with zero attached hydrogens (tertiary/aromatic N) is 3. The number of para-hydroxylation sites is 1. The number of hydrogen-bond donors (Lipinski definition) is 2. The second-order valence-corrected chi connectivity index (χ2v) is 6.83. The molecular weight excluding hydrogens is 358 g/mol. The molecule has 1 aliphatic carbocycles. The number of aromatic nitrogens is 4. The van der Waals surface area contributed by atoms with Gasteiger partial charge in [-0.3, -0.25) is 24.1 Å². The van der Waals surface area contributed by atoms with E-state index in [2.05, 4.69) is 20.3 Å². The smallest absolute Gasteiger partial charge is 0.321 e. The highest BCUT2D eigenvalue weighted by atomic mass is 16.2. The molecule has 3 aromatic heterocycles. The zero-order valence-corrected chi connectivity index (χ0v) is 14.7. The van der Waals surface area contributed by atoms with Gasteiger partial charge < -0.3 is 5.32 Å². The molecule has 28 heavy (non-hydrogen) atoms. The Hall–Kier alpha value is -3.81. The minimum absolute atomic E-state index is 0.0581. The molecule has 0 atom stereocenters. The summed E-state index contributed by atoms with van der Waals surface area (Å²) >= 11 is 0. The second kappa shape index (κ2) is 6.12. The molecule has 4 aromatic rings. The van der Waals surface area contributed by atoms with Crippen molar-refractivity contribution in [2.24, 2.45) is 0 Å². The zero-order chi connectivity index (χ0) is 19.3. The molecule has 0 aliphatic heterocycles. The van der Waals surface area contributed by atoms with Crippen LogP contribution < -0.4 is 16.6 Å². The molecule has 0 saturated heterocycles. The average molecular weight is 373 g/mol. The van der Waals surface area contributed by atoms with Crippen molar-refractivity contribution >= 4 is 33.5 Å². The van der Waals surface area contributed by atoms with Gasteiger partial charge in [0.15, 0.2) is 0 Å². The summed E-state index contributed by atoms with van der Waals surface area (Å²) in [5, 5.41) is 3.90. The van der Waals surface area contributed by atoms with Crippen LogP contribution in [0.3, 0.4) is 0 Å². The molecule has 5 rings (SSSR count). The maximum Gasteiger partial charge on any atom is 0.330 e. The fourth-order valence-electron chi connectivity index (χ4n) is 3.28. The lowest BCUT2D eigenvalue weighted by atomic mass is 10.2. The summed E-state index contributed by atoms with van der Waals surface area (Å²) in [5.74, 6) is -0.407. The van der Waals surface area contributed by atoms with Crippen molar-refractivity contribution in [1.82, 2.24) is 19.5 Å². The molecule has 1 aromatic carbocycles. The molecule has 0 bridgehead atoms. The van der Waals surface area contributed by atoms with Gasteiger partial charge in [-0.25, -0.2) is 9.78 Å². The van der Waals surface area contributed by atoms with Gasteiger partial charge in [-0.1, -0.05) is 18.2 Å². The Morgan fingerprint density at radius 1 is 1.11 bits per heavy atom. The molecule has 0 spiro atoms. The van der Waals surface area contributed by atoms with Gasteiger partial charge in [0.2, 0.25) is 0 Å². The minimum Gasteiger partial charge on any atom is -0.321 e. The Morgan fingerprint density at radius 3 is 2.75 bits per heavy atom. The molecule has 0 unspecified atom stereocenters. The predicted molar refractivity (Wildman–Crippen MR) is 105 cm³/mol. The van der Waals surface area contributed by atoms with Crippen molar-refractivity contribution in [3.63, 3.8) is 0 Å². The van der Waals surface area contributed by atoms with E-state index in [0.29, 0.717) is 11.3 Å². The van der Waals surface area contributed by atoms with E-state index in [4.69, 9.17) is 0 Å². The SMILES string of the molecule is O=C(Nc1cnc2ccccc2c1)c1cnc2c(c1)c(=O)[nH]c(=O)n2C1CC1. The fraction of sp³-hybridized carbons (Fsp3) is 0.150. The van der Waals surface area contributed by atoms with E-state index in [9.17, 15) is 14.4 Å². The quantitative estimate of drug-likeness (QED) is 0.572. The highest BCUT2D eigenvalue weighted by molar-refractivity contribution is 6.06. The van der Waals surface area contributed by atoms with E-state index in [0.717, 1.165) is 23.7 Å². The zero-order valence-electron chi connectivity index (χ0n) is 14.7. The largest absolute Gasteiger partial charge is 0.330 e. The molecule has 138 valence electrons. The number of benzene rings is 1. The number of hydrogen-bond acceptors (Lipinski definition) is 5. The topological polar surface area (TPSA) is 110 Å². The molecular formula is C20H15N5O3. The Balaban J connectivity index is 1.52. The van der Waals surface area contributed by atoms with Crippen LogP contribution in [0.25, 0.3) is 21.9 Å². The molecule has 2 N–H and O–H groups in total. The molecule has 0 radical (unpaired) electrons. The van der Waals surface area contributed by atoms with Crippen LogP contribution in [0.2, 0.25) is 0 Å². The second-order valence-electron chi connectivity index (χ2n) is 6.83. The van der Waals surface area contributed by atoms with Crippen molar-refractivity contribution in [2.75, 3.05) is 5.32 Å². The van der Waals surface area contributed by atoms with E-state index in [-0.39, 0.29) is 17.0 Å². The van der Waals surface area contributed by atoms with Crippen LogP contribution in [0.15, 0.2) is 58.4 Å². The first-order valence-corrected chi connectivity index (χ1v) is 8.91. The van der Waals surface area contributed by atoms with Gasteiger partial charge in [0, 0.05) is 17.6 Å². The third-order valence-electron chi connectivity index (χ3n) is 4.80. The minimum atomic E-state index is -0.550. The van der Waals surface area contributed by atoms with Gasteiger partial charge >= 0.3 is 5.69 Å². The average Bonchev–Trinajstić information content (AvgIpc) is 3.52. The van der Waals surface area contributed by atoms with Crippen LogP contribution in [-0.2, 0) is 0 Å². The lowest BCUT2D eigenvalue weighted by molar-refractivity contribution is 0.102. The van der Waals surface area contributed by atoms with Gasteiger partial charge in [-0.15, -0.1) is 0 Å². The van der Waals surface area contributed by atoms with E-state index < -0.39 is 17.2 Å². The summed E-state index contributed by atoms with van der Waals surface area (Å²) in [5.41, 5.74) is 0.892. The number of amides is 1. The van der Waals surface area contributed by atoms with E-state index >= 15 is 0 Å². The predicted octanol–water partition coefficient (Wildman–Crippen LogP) is 2.22. The number of rotatable bonds is 3. The molecule has 1 amide bonds. The summed E-state index contributed by atoms with van der Waals surface area (Å²) in [6.07, 6.45) is 4.70. The Kier molecular flexibility index (Phi) is 3.58. The van der Waals surface area contributed by atoms with Crippen molar-refractivity contribution in [1.29, 1.82) is 0 Å². The number of pyridine rings is 2. The first-order valence-electron chi connectivity index (χ1n) is 8.91. The molecule has 1 saturated carbocycles. The van der Waals surface area contributed by atoms with Crippen molar-refractivity contribution in [3.8, 4) is 0 Å². The first kappa shape index (κ1) is 16.4. The number of carbonyl (C=O) groups is 1. The van der Waals surface area contributed by atoms with Crippen LogP contribution in [0, 0.1) is 0 Å². The lowest BCUT2D eigenvalue weighted by Gasteiger charge is -2.09.